The molecule has 2 fully saturated rings. The fraction of sp³-hybridized carbons (Fsp3) is 0.440. The van der Waals surface area contributed by atoms with Crippen LogP contribution in [-0.4, -0.2) is 53.4 Å². The summed E-state index contributed by atoms with van der Waals surface area (Å²) in [5, 5.41) is 8.46. The van der Waals surface area contributed by atoms with Crippen LogP contribution in [0.15, 0.2) is 48.0 Å². The minimum atomic E-state index is -4.29. The number of halogens is 3. The number of likely N-dealkylation sites (tertiary alicyclic amines) is 1. The molecule has 1 N–H and O–H groups in total. The fourth-order valence-electron chi connectivity index (χ4n) is 4.28. The van der Waals surface area contributed by atoms with Crippen LogP contribution in [0, 0.1) is 0 Å². The Morgan fingerprint density at radius 3 is 2.29 bits per heavy atom. The molecule has 2 aliphatic rings. The monoisotopic (exact) mass is 507 g/mol. The van der Waals surface area contributed by atoms with Crippen LogP contribution < -0.4 is 9.64 Å². The largest absolute Gasteiger partial charge is 0.490 e. The molecule has 35 heavy (non-hydrogen) atoms. The number of carboxylic acid groups (broad SMARTS) is 1. The summed E-state index contributed by atoms with van der Waals surface area (Å²) in [6.07, 6.45) is -0.0227. The smallest absolute Gasteiger partial charge is 0.416 e. The number of ether oxygens (including phenoxy) is 1. The van der Waals surface area contributed by atoms with Gasteiger partial charge in [0.25, 0.3) is 0 Å². The van der Waals surface area contributed by atoms with Gasteiger partial charge in [0.15, 0.2) is 0 Å². The van der Waals surface area contributed by atoms with Gasteiger partial charge in [0.2, 0.25) is 0 Å². The Morgan fingerprint density at radius 2 is 1.69 bits per heavy atom. The molecule has 3 aromatic rings. The first-order valence-corrected chi connectivity index (χ1v) is 12.6. The number of fused-ring (bicyclic) bond motifs is 1. The molecule has 2 aliphatic heterocycles. The highest BCUT2D eigenvalue weighted by molar-refractivity contribution is 7.16. The highest BCUT2D eigenvalue weighted by Gasteiger charge is 2.30. The van der Waals surface area contributed by atoms with Crippen molar-refractivity contribution in [2.75, 3.05) is 31.1 Å². The van der Waals surface area contributed by atoms with Gasteiger partial charge in [0, 0.05) is 44.7 Å². The summed E-state index contributed by atoms with van der Waals surface area (Å²) >= 11 is 1.58. The maximum Gasteiger partial charge on any atom is 0.416 e. The second kappa shape index (κ2) is 11.2. The number of hydrogen-bond acceptors (Lipinski definition) is 5. The molecule has 6 nitrogen and oxygen atoms in total. The van der Waals surface area contributed by atoms with E-state index in [2.05, 4.69) is 9.88 Å². The van der Waals surface area contributed by atoms with E-state index in [1.807, 2.05) is 23.7 Å². The predicted molar refractivity (Wildman–Crippen MR) is 130 cm³/mol. The summed E-state index contributed by atoms with van der Waals surface area (Å²) in [6, 6.07) is 11.3. The molecule has 0 saturated carbocycles. The Balaban J connectivity index is 0.000000271. The van der Waals surface area contributed by atoms with E-state index in [4.69, 9.17) is 9.84 Å². The minimum Gasteiger partial charge on any atom is -0.490 e. The van der Waals surface area contributed by atoms with E-state index in [1.54, 1.807) is 23.5 Å². The van der Waals surface area contributed by atoms with E-state index < -0.39 is 17.8 Å². The SMILES string of the molecule is FC(F)(F)c1ccc(N2CCC(Oc3ccc4ncsc4c3)CC2)cc1.O=C(O)N1CCCCC1. The van der Waals surface area contributed by atoms with E-state index in [0.717, 1.165) is 85.6 Å². The molecule has 188 valence electrons. The van der Waals surface area contributed by atoms with Crippen molar-refractivity contribution in [1.29, 1.82) is 0 Å². The van der Waals surface area contributed by atoms with Gasteiger partial charge < -0.3 is 19.6 Å². The van der Waals surface area contributed by atoms with Crippen molar-refractivity contribution in [3.63, 3.8) is 0 Å². The minimum absolute atomic E-state index is 0.117. The number of hydrogen-bond donors (Lipinski definition) is 1. The summed E-state index contributed by atoms with van der Waals surface area (Å²) in [6.45, 7) is 2.99. The molecule has 0 atom stereocenters. The van der Waals surface area contributed by atoms with E-state index in [1.165, 1.54) is 11.3 Å². The molecule has 10 heteroatoms. The molecule has 1 aromatic heterocycles. The first-order chi connectivity index (χ1) is 16.8. The Morgan fingerprint density at radius 1 is 1.00 bits per heavy atom. The topological polar surface area (TPSA) is 65.9 Å². The number of nitrogens with zero attached hydrogens (tertiary/aromatic N) is 3. The number of amides is 1. The van der Waals surface area contributed by atoms with Gasteiger partial charge in [0.05, 0.1) is 21.3 Å². The number of aromatic nitrogens is 1. The van der Waals surface area contributed by atoms with E-state index >= 15 is 0 Å². The molecular formula is C25H28F3N3O3S. The Labute approximate surface area is 205 Å². The zero-order chi connectivity index (χ0) is 24.8. The maximum absolute atomic E-state index is 12.7. The van der Waals surface area contributed by atoms with Crippen LogP contribution in [-0.2, 0) is 6.18 Å². The predicted octanol–water partition coefficient (Wildman–Crippen LogP) is 6.51. The maximum atomic E-state index is 12.7. The zero-order valence-corrected chi connectivity index (χ0v) is 20.0. The molecule has 0 bridgehead atoms. The molecule has 3 heterocycles. The third-order valence-corrected chi connectivity index (χ3v) is 7.03. The molecule has 2 aromatic carbocycles. The lowest BCUT2D eigenvalue weighted by Gasteiger charge is -2.33. The average Bonchev–Trinajstić information content (AvgIpc) is 3.33. The number of carbonyl (C=O) groups is 1. The molecule has 2 saturated heterocycles. The van der Waals surface area contributed by atoms with Crippen molar-refractivity contribution in [3.05, 3.63) is 53.5 Å². The Bertz CT molecular complexity index is 1110. The number of thiazole rings is 1. The van der Waals surface area contributed by atoms with Gasteiger partial charge >= 0.3 is 12.3 Å². The summed E-state index contributed by atoms with van der Waals surface area (Å²) in [4.78, 5) is 18.1. The molecule has 0 unspecified atom stereocenters. The number of piperidine rings is 2. The van der Waals surface area contributed by atoms with Gasteiger partial charge in [-0.2, -0.15) is 13.2 Å². The third kappa shape index (κ3) is 6.78. The van der Waals surface area contributed by atoms with Crippen LogP contribution in [0.1, 0.15) is 37.7 Å². The van der Waals surface area contributed by atoms with Crippen LogP contribution >= 0.6 is 11.3 Å². The molecular weight excluding hydrogens is 479 g/mol. The number of benzene rings is 2. The van der Waals surface area contributed by atoms with E-state index in [9.17, 15) is 18.0 Å². The highest BCUT2D eigenvalue weighted by Crippen LogP contribution is 2.32. The molecule has 0 radical (unpaired) electrons. The number of anilines is 1. The van der Waals surface area contributed by atoms with Crippen LogP contribution in [0.3, 0.4) is 0 Å². The molecule has 0 spiro atoms. The van der Waals surface area contributed by atoms with Gasteiger partial charge in [-0.3, -0.25) is 0 Å². The normalized spacial score (nSPS) is 17.1. The molecule has 0 aliphatic carbocycles. The second-order valence-electron chi connectivity index (χ2n) is 8.66. The second-order valence-corrected chi connectivity index (χ2v) is 9.55. The van der Waals surface area contributed by atoms with Gasteiger partial charge in [0.1, 0.15) is 11.9 Å². The van der Waals surface area contributed by atoms with Crippen LogP contribution in [0.25, 0.3) is 10.2 Å². The van der Waals surface area contributed by atoms with Crippen molar-refractivity contribution in [1.82, 2.24) is 9.88 Å². The van der Waals surface area contributed by atoms with Crippen LogP contribution in [0.4, 0.5) is 23.7 Å². The van der Waals surface area contributed by atoms with E-state index in [-0.39, 0.29) is 6.10 Å². The van der Waals surface area contributed by atoms with Crippen LogP contribution in [0.5, 0.6) is 5.75 Å². The lowest BCUT2D eigenvalue weighted by molar-refractivity contribution is -0.137. The number of alkyl halides is 3. The van der Waals surface area contributed by atoms with Crippen molar-refractivity contribution >= 4 is 33.3 Å². The van der Waals surface area contributed by atoms with E-state index in [0.29, 0.717) is 0 Å². The summed E-state index contributed by atoms with van der Waals surface area (Å²) in [5.74, 6) is 0.842. The lowest BCUT2D eigenvalue weighted by atomic mass is 10.1. The van der Waals surface area contributed by atoms with Crippen molar-refractivity contribution in [3.8, 4) is 5.75 Å². The summed E-state index contributed by atoms with van der Waals surface area (Å²) in [5.41, 5.74) is 3.00. The fourth-order valence-corrected chi connectivity index (χ4v) is 4.98. The van der Waals surface area contributed by atoms with Gasteiger partial charge in [-0.1, -0.05) is 0 Å². The van der Waals surface area contributed by atoms with Crippen molar-refractivity contribution < 1.29 is 27.8 Å². The molecule has 5 rings (SSSR count). The van der Waals surface area contributed by atoms with Crippen molar-refractivity contribution in [2.24, 2.45) is 0 Å². The first kappa shape index (κ1) is 25.1. The highest BCUT2D eigenvalue weighted by atomic mass is 32.1. The number of rotatable bonds is 3. The summed E-state index contributed by atoms with van der Waals surface area (Å²) < 4.78 is 45.2. The van der Waals surface area contributed by atoms with Crippen LogP contribution in [0.2, 0.25) is 0 Å². The van der Waals surface area contributed by atoms with Gasteiger partial charge in [-0.15, -0.1) is 11.3 Å². The Hall–Kier alpha value is -3.01. The standard InChI is InChI=1S/C19H17F3N2OS.C6H11NO2/c20-19(21,22)13-1-3-14(4-2-13)24-9-7-15(8-10-24)25-16-5-6-17-18(11-16)26-12-23-17;8-6(9)7-4-2-1-3-5-7/h1-6,11-12,15H,7-10H2;1-5H2,(H,8,9). The zero-order valence-electron chi connectivity index (χ0n) is 19.2. The van der Waals surface area contributed by atoms with Gasteiger partial charge in [-0.25, -0.2) is 9.78 Å². The molecule has 1 amide bonds. The lowest BCUT2D eigenvalue weighted by Crippen LogP contribution is -2.38. The summed E-state index contributed by atoms with van der Waals surface area (Å²) in [7, 11) is 0. The quantitative estimate of drug-likeness (QED) is 0.438. The first-order valence-electron chi connectivity index (χ1n) is 11.7. The Kier molecular flexibility index (Phi) is 8.00. The third-order valence-electron chi connectivity index (χ3n) is 6.23. The van der Waals surface area contributed by atoms with Crippen molar-refractivity contribution in [2.45, 2.75) is 44.4 Å². The van der Waals surface area contributed by atoms with Gasteiger partial charge in [-0.05, 0) is 61.7 Å². The average molecular weight is 508 g/mol.